The van der Waals surface area contributed by atoms with Gasteiger partial charge >= 0.3 is 0 Å². The number of H-pyrrole nitrogens is 1. The SMILES string of the molecule is CCS(=O)(=O)Nc1cn[nH]n1. The molecule has 1 rings (SSSR count). The molecule has 0 radical (unpaired) electrons. The van der Waals surface area contributed by atoms with Gasteiger partial charge in [0.1, 0.15) is 0 Å². The van der Waals surface area contributed by atoms with Crippen LogP contribution in [0.1, 0.15) is 6.92 Å². The third kappa shape index (κ3) is 2.19. The highest BCUT2D eigenvalue weighted by Gasteiger charge is 2.07. The fourth-order valence-corrected chi connectivity index (χ4v) is 1.04. The number of aromatic nitrogens is 3. The van der Waals surface area contributed by atoms with E-state index in [9.17, 15) is 8.42 Å². The molecule has 0 aliphatic rings. The number of rotatable bonds is 3. The van der Waals surface area contributed by atoms with Crippen LogP contribution in [0.25, 0.3) is 0 Å². The summed E-state index contributed by atoms with van der Waals surface area (Å²) in [6.45, 7) is 1.54. The first-order valence-corrected chi connectivity index (χ1v) is 4.65. The minimum Gasteiger partial charge on any atom is -0.265 e. The summed E-state index contributed by atoms with van der Waals surface area (Å²) in [4.78, 5) is 0. The van der Waals surface area contributed by atoms with Crippen molar-refractivity contribution in [3.8, 4) is 0 Å². The summed E-state index contributed by atoms with van der Waals surface area (Å²) in [6.07, 6.45) is 1.30. The Balaban J connectivity index is 2.72. The van der Waals surface area contributed by atoms with Gasteiger partial charge < -0.3 is 0 Å². The van der Waals surface area contributed by atoms with Gasteiger partial charge in [-0.2, -0.15) is 10.3 Å². The van der Waals surface area contributed by atoms with Crippen molar-refractivity contribution in [1.29, 1.82) is 0 Å². The van der Waals surface area contributed by atoms with Crippen LogP contribution in [0.5, 0.6) is 0 Å². The van der Waals surface area contributed by atoms with Gasteiger partial charge in [0.15, 0.2) is 5.82 Å². The van der Waals surface area contributed by atoms with Gasteiger partial charge in [-0.05, 0) is 6.92 Å². The van der Waals surface area contributed by atoms with E-state index in [1.54, 1.807) is 6.92 Å². The minimum absolute atomic E-state index is 0.0276. The Morgan fingerprint density at radius 3 is 2.91 bits per heavy atom. The van der Waals surface area contributed by atoms with Crippen molar-refractivity contribution in [2.45, 2.75) is 6.92 Å². The normalized spacial score (nSPS) is 11.4. The van der Waals surface area contributed by atoms with Gasteiger partial charge in [-0.25, -0.2) is 8.42 Å². The van der Waals surface area contributed by atoms with E-state index in [-0.39, 0.29) is 11.6 Å². The number of anilines is 1. The van der Waals surface area contributed by atoms with Gasteiger partial charge in [0, 0.05) is 0 Å². The lowest BCUT2D eigenvalue weighted by Crippen LogP contribution is -2.14. The first kappa shape index (κ1) is 7.99. The summed E-state index contributed by atoms with van der Waals surface area (Å²) in [5.41, 5.74) is 0. The number of sulfonamides is 1. The van der Waals surface area contributed by atoms with Crippen molar-refractivity contribution in [2.24, 2.45) is 0 Å². The van der Waals surface area contributed by atoms with Crippen LogP contribution < -0.4 is 4.72 Å². The van der Waals surface area contributed by atoms with Crippen molar-refractivity contribution in [2.75, 3.05) is 10.5 Å². The number of aromatic amines is 1. The lowest BCUT2D eigenvalue weighted by molar-refractivity contribution is 0.602. The minimum atomic E-state index is -3.21. The van der Waals surface area contributed by atoms with E-state index >= 15 is 0 Å². The van der Waals surface area contributed by atoms with E-state index in [2.05, 4.69) is 20.1 Å². The number of hydrogen-bond acceptors (Lipinski definition) is 4. The summed E-state index contributed by atoms with van der Waals surface area (Å²) in [6, 6.07) is 0. The largest absolute Gasteiger partial charge is 0.265 e. The van der Waals surface area contributed by atoms with Crippen LogP contribution in [0.4, 0.5) is 5.82 Å². The molecule has 0 amide bonds. The Hall–Kier alpha value is -1.11. The first-order valence-electron chi connectivity index (χ1n) is 3.00. The van der Waals surface area contributed by atoms with Gasteiger partial charge in [-0.15, -0.1) is 5.10 Å². The topological polar surface area (TPSA) is 87.7 Å². The van der Waals surface area contributed by atoms with Crippen molar-refractivity contribution in [3.05, 3.63) is 6.20 Å². The molecule has 6 nitrogen and oxygen atoms in total. The lowest BCUT2D eigenvalue weighted by atomic mass is 10.8. The summed E-state index contributed by atoms with van der Waals surface area (Å²) >= 11 is 0. The van der Waals surface area contributed by atoms with Crippen molar-refractivity contribution >= 4 is 15.8 Å². The van der Waals surface area contributed by atoms with E-state index in [0.29, 0.717) is 0 Å². The molecule has 0 saturated heterocycles. The second kappa shape index (κ2) is 2.87. The quantitative estimate of drug-likeness (QED) is 0.654. The number of nitrogens with zero attached hydrogens (tertiary/aromatic N) is 2. The second-order valence-electron chi connectivity index (χ2n) is 1.86. The molecule has 7 heteroatoms. The van der Waals surface area contributed by atoms with Crippen molar-refractivity contribution < 1.29 is 8.42 Å². The van der Waals surface area contributed by atoms with Crippen LogP contribution in [0.15, 0.2) is 6.20 Å². The molecule has 1 aromatic heterocycles. The molecule has 0 bridgehead atoms. The molecule has 0 atom stereocenters. The molecule has 0 aromatic carbocycles. The smallest absolute Gasteiger partial charge is 0.233 e. The molecule has 2 N–H and O–H groups in total. The van der Waals surface area contributed by atoms with E-state index in [0.717, 1.165) is 0 Å². The molecule has 1 heterocycles. The zero-order valence-electron chi connectivity index (χ0n) is 5.90. The molecule has 0 aliphatic heterocycles. The summed E-state index contributed by atoms with van der Waals surface area (Å²) in [5.74, 6) is 0.242. The van der Waals surface area contributed by atoms with Crippen LogP contribution in [0.2, 0.25) is 0 Å². The summed E-state index contributed by atoms with van der Waals surface area (Å²) < 4.78 is 24.0. The Morgan fingerprint density at radius 1 is 1.73 bits per heavy atom. The standard InChI is InChI=1S/C4H8N4O2S/c1-2-11(9,10)7-4-3-5-8-6-4/h3H,2H2,1H3,(H2,5,6,7,8). The van der Waals surface area contributed by atoms with Gasteiger partial charge in [0.2, 0.25) is 10.0 Å². The molecule has 62 valence electrons. The molecule has 0 spiro atoms. The summed E-state index contributed by atoms with van der Waals surface area (Å²) in [7, 11) is -3.21. The highest BCUT2D eigenvalue weighted by atomic mass is 32.2. The Bertz CT molecular complexity index is 303. The van der Waals surface area contributed by atoms with E-state index in [1.165, 1.54) is 6.20 Å². The molecular weight excluding hydrogens is 168 g/mol. The van der Waals surface area contributed by atoms with Gasteiger partial charge in [0.25, 0.3) is 0 Å². The van der Waals surface area contributed by atoms with Gasteiger partial charge in [-0.3, -0.25) is 4.72 Å². The van der Waals surface area contributed by atoms with E-state index in [4.69, 9.17) is 0 Å². The average molecular weight is 176 g/mol. The molecule has 1 aromatic rings. The Labute approximate surface area is 64.1 Å². The van der Waals surface area contributed by atoms with Crippen LogP contribution in [-0.2, 0) is 10.0 Å². The van der Waals surface area contributed by atoms with Crippen LogP contribution in [0.3, 0.4) is 0 Å². The highest BCUT2D eigenvalue weighted by molar-refractivity contribution is 7.92. The molecule has 0 aliphatic carbocycles. The fourth-order valence-electron chi connectivity index (χ4n) is 0.482. The molecule has 11 heavy (non-hydrogen) atoms. The average Bonchev–Trinajstić information content (AvgIpc) is 2.39. The highest BCUT2D eigenvalue weighted by Crippen LogP contribution is 1.99. The predicted molar refractivity (Wildman–Crippen MR) is 39.5 cm³/mol. The molecular formula is C4H8N4O2S. The fraction of sp³-hybridized carbons (Fsp3) is 0.500. The van der Waals surface area contributed by atoms with Gasteiger partial charge in [0.05, 0.1) is 11.9 Å². The second-order valence-corrected chi connectivity index (χ2v) is 3.87. The van der Waals surface area contributed by atoms with Gasteiger partial charge in [-0.1, -0.05) is 0 Å². The third-order valence-electron chi connectivity index (χ3n) is 1.06. The molecule has 0 fully saturated rings. The van der Waals surface area contributed by atoms with Crippen molar-refractivity contribution in [1.82, 2.24) is 15.4 Å². The Morgan fingerprint density at radius 2 is 2.45 bits per heavy atom. The monoisotopic (exact) mass is 176 g/mol. The lowest BCUT2D eigenvalue weighted by Gasteiger charge is -1.98. The predicted octanol–water partition coefficient (Wildman–Crippen LogP) is -0.434. The number of nitrogens with one attached hydrogen (secondary N) is 2. The zero-order valence-corrected chi connectivity index (χ0v) is 6.72. The first-order chi connectivity index (χ1) is 5.14. The van der Waals surface area contributed by atoms with Crippen LogP contribution in [0, 0.1) is 0 Å². The van der Waals surface area contributed by atoms with Crippen LogP contribution >= 0.6 is 0 Å². The van der Waals surface area contributed by atoms with E-state index in [1.807, 2.05) is 0 Å². The number of hydrogen-bond donors (Lipinski definition) is 2. The zero-order chi connectivity index (χ0) is 8.32. The Kier molecular flexibility index (Phi) is 2.08. The maximum absolute atomic E-state index is 10.9. The third-order valence-corrected chi connectivity index (χ3v) is 2.34. The van der Waals surface area contributed by atoms with Crippen LogP contribution in [-0.4, -0.2) is 29.6 Å². The maximum atomic E-state index is 10.9. The van der Waals surface area contributed by atoms with E-state index < -0.39 is 10.0 Å². The molecule has 0 saturated carbocycles. The van der Waals surface area contributed by atoms with Crippen molar-refractivity contribution in [3.63, 3.8) is 0 Å². The molecule has 0 unspecified atom stereocenters. The maximum Gasteiger partial charge on any atom is 0.233 e. The summed E-state index contributed by atoms with van der Waals surface area (Å²) in [5, 5.41) is 9.25.